The molecular weight excluding hydrogens is 681 g/mol. The summed E-state index contributed by atoms with van der Waals surface area (Å²) >= 11 is 5.70. The second-order valence-corrected chi connectivity index (χ2v) is 13.5. The zero-order valence-corrected chi connectivity index (χ0v) is 27.7. The number of halogens is 4. The number of piperazine rings is 1. The number of likely N-dealkylation sites (tertiary alicyclic amines) is 1. The van der Waals surface area contributed by atoms with E-state index in [1.807, 2.05) is 29.2 Å². The summed E-state index contributed by atoms with van der Waals surface area (Å²) in [4.78, 5) is 58.1. The Morgan fingerprint density at radius 3 is 2.37 bits per heavy atom. The van der Waals surface area contributed by atoms with E-state index < -0.39 is 22.9 Å². The van der Waals surface area contributed by atoms with Gasteiger partial charge in [0.1, 0.15) is 11.6 Å². The molecule has 49 heavy (non-hydrogen) atoms. The lowest BCUT2D eigenvalue weighted by Gasteiger charge is -2.38. The molecule has 3 aromatic carbocycles. The Morgan fingerprint density at radius 1 is 0.939 bits per heavy atom. The summed E-state index contributed by atoms with van der Waals surface area (Å²) in [5, 5.41) is 3.13. The van der Waals surface area contributed by atoms with Crippen LogP contribution in [-0.4, -0.2) is 71.8 Å². The Kier molecular flexibility index (Phi) is 10.2. The van der Waals surface area contributed by atoms with Crippen LogP contribution in [0.5, 0.6) is 0 Å². The van der Waals surface area contributed by atoms with Crippen molar-refractivity contribution in [3.05, 3.63) is 105 Å². The first-order valence-electron chi connectivity index (χ1n) is 15.7. The van der Waals surface area contributed by atoms with Gasteiger partial charge in [-0.2, -0.15) is 13.2 Å². The number of anilines is 1. The van der Waals surface area contributed by atoms with Crippen LogP contribution in [0.1, 0.15) is 34.5 Å². The highest BCUT2D eigenvalue weighted by Crippen LogP contribution is 2.37. The first kappa shape index (κ1) is 34.4. The number of alkyl halides is 3. The van der Waals surface area contributed by atoms with Gasteiger partial charge in [0.15, 0.2) is 11.2 Å². The number of nitrogens with zero attached hydrogens (tertiary/aromatic N) is 3. The predicted molar refractivity (Wildman–Crippen MR) is 181 cm³/mol. The third kappa shape index (κ3) is 8.39. The predicted octanol–water partition coefficient (Wildman–Crippen LogP) is 5.87. The van der Waals surface area contributed by atoms with Crippen molar-refractivity contribution in [2.75, 3.05) is 37.6 Å². The Morgan fingerprint density at radius 2 is 1.67 bits per heavy atom. The minimum atomic E-state index is -4.54. The van der Waals surface area contributed by atoms with Crippen molar-refractivity contribution < 1.29 is 32.0 Å². The van der Waals surface area contributed by atoms with E-state index in [1.165, 1.54) is 6.07 Å². The van der Waals surface area contributed by atoms with Crippen molar-refractivity contribution in [1.29, 1.82) is 0 Å². The highest BCUT2D eigenvalue weighted by molar-refractivity contribution is 8.00. The minimum Gasteiger partial charge on any atom is -0.451 e. The van der Waals surface area contributed by atoms with Crippen LogP contribution in [0.4, 0.5) is 18.9 Å². The number of thioether (sulfide) groups is 1. The van der Waals surface area contributed by atoms with Gasteiger partial charge in [0, 0.05) is 73.8 Å². The average Bonchev–Trinajstić information content (AvgIpc) is 3.48. The average molecular weight is 713 g/mol. The molecule has 1 atom stereocenters. The molecule has 9 nitrogen and oxygen atoms in total. The number of nitrogens with one attached hydrogen (secondary N) is 1. The quantitative estimate of drug-likeness (QED) is 0.217. The molecule has 2 saturated heterocycles. The van der Waals surface area contributed by atoms with Crippen molar-refractivity contribution in [2.45, 2.75) is 42.3 Å². The molecule has 2 aliphatic heterocycles. The number of para-hydroxylation sites is 1. The highest BCUT2D eigenvalue weighted by Gasteiger charge is 2.32. The number of rotatable bonds is 9. The van der Waals surface area contributed by atoms with Gasteiger partial charge in [-0.25, -0.2) is 0 Å². The zero-order chi connectivity index (χ0) is 34.7. The molecule has 14 heteroatoms. The van der Waals surface area contributed by atoms with Crippen LogP contribution in [0.2, 0.25) is 5.02 Å². The first-order valence-corrected chi connectivity index (χ1v) is 16.9. The van der Waals surface area contributed by atoms with E-state index >= 15 is 0 Å². The molecule has 2 aliphatic rings. The minimum absolute atomic E-state index is 0.0600. The summed E-state index contributed by atoms with van der Waals surface area (Å²) in [5.41, 5.74) is -2.50. The van der Waals surface area contributed by atoms with E-state index in [-0.39, 0.29) is 51.6 Å². The molecule has 3 amide bonds. The molecule has 256 valence electrons. The number of amides is 3. The number of fused-ring (bicyclic) bond motifs is 1. The number of hydrogen-bond donors (Lipinski definition) is 1. The third-order valence-electron chi connectivity index (χ3n) is 8.57. The van der Waals surface area contributed by atoms with Crippen LogP contribution in [0.25, 0.3) is 11.0 Å². The van der Waals surface area contributed by atoms with E-state index in [2.05, 4.69) is 10.2 Å². The molecule has 6 rings (SSSR count). The molecule has 1 aromatic heterocycles. The number of hydrogen-bond acceptors (Lipinski definition) is 7. The first-order chi connectivity index (χ1) is 23.4. The van der Waals surface area contributed by atoms with E-state index in [4.69, 9.17) is 16.0 Å². The molecule has 1 unspecified atom stereocenters. The lowest BCUT2D eigenvalue weighted by atomic mass is 10.0. The summed E-state index contributed by atoms with van der Waals surface area (Å²) in [5.74, 6) is -1.36. The van der Waals surface area contributed by atoms with Gasteiger partial charge < -0.3 is 24.4 Å². The third-order valence-corrected chi connectivity index (χ3v) is 9.54. The molecule has 0 bridgehead atoms. The van der Waals surface area contributed by atoms with Gasteiger partial charge in [0.05, 0.1) is 5.39 Å². The van der Waals surface area contributed by atoms with Crippen LogP contribution < -0.4 is 15.6 Å². The van der Waals surface area contributed by atoms with Gasteiger partial charge in [-0.1, -0.05) is 41.9 Å². The molecule has 3 heterocycles. The lowest BCUT2D eigenvalue weighted by Crippen LogP contribution is -2.55. The molecule has 0 spiro atoms. The largest absolute Gasteiger partial charge is 0.451 e. The monoisotopic (exact) mass is 712 g/mol. The zero-order valence-electron chi connectivity index (χ0n) is 26.2. The Bertz CT molecular complexity index is 1930. The van der Waals surface area contributed by atoms with Crippen LogP contribution in [-0.2, 0) is 22.6 Å². The standard InChI is InChI=1S/C35H32ClF3N4O5S/c36-24-9-7-22(8-10-24)18-27(40-33(46)31-20-29(44)26-19-25(49-35(37,38)39)11-12-30(26)48-31)34(47)42-16-14-41(15-17-42)28-5-2-1-4-23(28)21-43-13-3-6-32(43)45/h1-2,4-5,7-12,19-20,27H,3,6,13-18,21H2,(H,40,46). The molecule has 0 saturated carbocycles. The summed E-state index contributed by atoms with van der Waals surface area (Å²) in [6.07, 6.45) is 1.55. The van der Waals surface area contributed by atoms with Crippen LogP contribution >= 0.6 is 23.4 Å². The smallest absolute Gasteiger partial charge is 0.446 e. The second-order valence-electron chi connectivity index (χ2n) is 11.9. The maximum atomic E-state index is 14.0. The number of carbonyl (C=O) groups excluding carboxylic acids is 3. The van der Waals surface area contributed by atoms with Gasteiger partial charge in [-0.15, -0.1) is 0 Å². The second kappa shape index (κ2) is 14.6. The lowest BCUT2D eigenvalue weighted by molar-refractivity contribution is -0.133. The van der Waals surface area contributed by atoms with Gasteiger partial charge in [0.25, 0.3) is 5.91 Å². The Balaban J connectivity index is 1.18. The summed E-state index contributed by atoms with van der Waals surface area (Å²) in [6, 6.07) is 18.1. The number of carbonyl (C=O) groups is 3. The van der Waals surface area contributed by atoms with Gasteiger partial charge in [-0.05, 0) is 65.7 Å². The fourth-order valence-electron chi connectivity index (χ4n) is 6.15. The highest BCUT2D eigenvalue weighted by atomic mass is 35.5. The van der Waals surface area contributed by atoms with Crippen LogP contribution in [0, 0.1) is 0 Å². The van der Waals surface area contributed by atoms with E-state index in [1.54, 1.807) is 29.2 Å². The maximum Gasteiger partial charge on any atom is 0.446 e. The van der Waals surface area contributed by atoms with E-state index in [0.29, 0.717) is 44.2 Å². The molecular formula is C35H32ClF3N4O5S. The fourth-order valence-corrected chi connectivity index (χ4v) is 6.85. The Hall–Kier alpha value is -4.49. The summed E-state index contributed by atoms with van der Waals surface area (Å²) in [7, 11) is 0. The summed E-state index contributed by atoms with van der Waals surface area (Å²) in [6.45, 7) is 3.10. The maximum absolute atomic E-state index is 14.0. The molecule has 2 fully saturated rings. The van der Waals surface area contributed by atoms with E-state index in [9.17, 15) is 32.3 Å². The normalized spacial score (nSPS) is 15.9. The van der Waals surface area contributed by atoms with Crippen molar-refractivity contribution in [3.63, 3.8) is 0 Å². The molecule has 4 aromatic rings. The van der Waals surface area contributed by atoms with Gasteiger partial charge >= 0.3 is 5.51 Å². The van der Waals surface area contributed by atoms with Gasteiger partial charge in [-0.3, -0.25) is 19.2 Å². The molecule has 0 radical (unpaired) electrons. The van der Waals surface area contributed by atoms with Crippen molar-refractivity contribution in [3.8, 4) is 0 Å². The van der Waals surface area contributed by atoms with Crippen molar-refractivity contribution in [1.82, 2.24) is 15.1 Å². The Labute approximate surface area is 289 Å². The summed E-state index contributed by atoms with van der Waals surface area (Å²) < 4.78 is 44.2. The molecule has 0 aliphatic carbocycles. The fraction of sp³-hybridized carbons (Fsp3) is 0.314. The van der Waals surface area contributed by atoms with E-state index in [0.717, 1.165) is 48.0 Å². The van der Waals surface area contributed by atoms with Gasteiger partial charge in [0.2, 0.25) is 11.8 Å². The van der Waals surface area contributed by atoms with Crippen LogP contribution in [0.3, 0.4) is 0 Å². The SMILES string of the molecule is O=C(NC(Cc1ccc(Cl)cc1)C(=O)N1CCN(c2ccccc2CN2CCCC2=O)CC1)c1cc(=O)c2cc(SC(F)(F)F)ccc2o1. The number of benzene rings is 3. The van der Waals surface area contributed by atoms with Crippen molar-refractivity contribution in [2.24, 2.45) is 0 Å². The van der Waals surface area contributed by atoms with Crippen LogP contribution in [0.15, 0.2) is 86.9 Å². The van der Waals surface area contributed by atoms with Crippen molar-refractivity contribution >= 4 is 57.7 Å². The topological polar surface area (TPSA) is 103 Å². The molecule has 1 N–H and O–H groups in total.